The smallest absolute Gasteiger partial charge is 0.178 e. The number of imidazole rings is 1. The lowest BCUT2D eigenvalue weighted by Gasteiger charge is -2.05. The largest absolute Gasteiger partial charge is 0.492 e. The van der Waals surface area contributed by atoms with Gasteiger partial charge >= 0.3 is 0 Å². The highest BCUT2D eigenvalue weighted by Gasteiger charge is 2.10. The maximum atomic E-state index is 5.62. The monoisotopic (exact) mass is 289 g/mol. The van der Waals surface area contributed by atoms with E-state index >= 15 is 0 Å². The summed E-state index contributed by atoms with van der Waals surface area (Å²) in [6, 6.07) is 5.89. The molecule has 2 heterocycles. The molecular formula is C13H15N5OS. The van der Waals surface area contributed by atoms with Gasteiger partial charge < -0.3 is 14.3 Å². The molecule has 0 bridgehead atoms. The van der Waals surface area contributed by atoms with Crippen molar-refractivity contribution in [2.24, 2.45) is 7.05 Å². The van der Waals surface area contributed by atoms with E-state index in [1.807, 2.05) is 36.7 Å². The minimum absolute atomic E-state index is 0.537. The summed E-state index contributed by atoms with van der Waals surface area (Å²) >= 11 is 5.39. The van der Waals surface area contributed by atoms with Crippen molar-refractivity contribution in [3.05, 3.63) is 35.1 Å². The highest BCUT2D eigenvalue weighted by Crippen LogP contribution is 2.25. The molecule has 0 saturated heterocycles. The van der Waals surface area contributed by atoms with Gasteiger partial charge in [0.25, 0.3) is 0 Å². The van der Waals surface area contributed by atoms with Crippen LogP contribution < -0.4 is 4.74 Å². The molecule has 0 unspecified atom stereocenters. The first-order valence-corrected chi connectivity index (χ1v) is 6.78. The summed E-state index contributed by atoms with van der Waals surface area (Å²) < 4.78 is 9.91. The zero-order valence-electron chi connectivity index (χ0n) is 11.3. The molecule has 0 aliphatic rings. The molecule has 0 saturated carbocycles. The Hall–Kier alpha value is -2.15. The quantitative estimate of drug-likeness (QED) is 0.749. The van der Waals surface area contributed by atoms with Crippen molar-refractivity contribution < 1.29 is 4.74 Å². The van der Waals surface area contributed by atoms with Crippen LogP contribution in [0.5, 0.6) is 5.75 Å². The summed E-state index contributed by atoms with van der Waals surface area (Å²) in [6.45, 7) is 3.12. The molecule has 1 N–H and O–H groups in total. The normalized spacial score (nSPS) is 11.1. The summed E-state index contributed by atoms with van der Waals surface area (Å²) in [5.41, 5.74) is 1.91. The van der Waals surface area contributed by atoms with Crippen LogP contribution in [0.2, 0.25) is 0 Å². The van der Waals surface area contributed by atoms with Crippen molar-refractivity contribution in [3.8, 4) is 5.75 Å². The number of benzene rings is 1. The molecular weight excluding hydrogens is 274 g/mol. The molecule has 0 radical (unpaired) electrons. The van der Waals surface area contributed by atoms with Gasteiger partial charge in [-0.25, -0.2) is 4.98 Å². The fourth-order valence-electron chi connectivity index (χ4n) is 2.18. The molecule has 0 amide bonds. The van der Waals surface area contributed by atoms with E-state index in [1.165, 1.54) is 0 Å². The molecule has 0 fully saturated rings. The highest BCUT2D eigenvalue weighted by atomic mass is 32.1. The van der Waals surface area contributed by atoms with Crippen molar-refractivity contribution in [2.45, 2.75) is 13.5 Å². The van der Waals surface area contributed by atoms with Gasteiger partial charge in [-0.1, -0.05) is 6.07 Å². The molecule has 7 heteroatoms. The Bertz CT molecular complexity index is 801. The number of rotatable bonds is 4. The number of para-hydroxylation sites is 1. The summed E-state index contributed by atoms with van der Waals surface area (Å²) in [7, 11) is 1.85. The lowest BCUT2D eigenvalue weighted by Crippen LogP contribution is -2.02. The molecule has 3 aromatic rings. The maximum absolute atomic E-state index is 5.62. The van der Waals surface area contributed by atoms with E-state index in [9.17, 15) is 0 Å². The first-order valence-electron chi connectivity index (χ1n) is 6.38. The predicted octanol–water partition coefficient (Wildman–Crippen LogP) is 2.27. The fraction of sp³-hybridized carbons (Fsp3) is 0.308. The predicted molar refractivity (Wildman–Crippen MR) is 78.4 cm³/mol. The van der Waals surface area contributed by atoms with E-state index < -0.39 is 0 Å². The van der Waals surface area contributed by atoms with Crippen LogP contribution in [-0.4, -0.2) is 30.9 Å². The topological polar surface area (TPSA) is 60.7 Å². The third kappa shape index (κ3) is 2.20. The molecule has 6 nitrogen and oxygen atoms in total. The van der Waals surface area contributed by atoms with Gasteiger partial charge in [-0.05, 0) is 31.3 Å². The first kappa shape index (κ1) is 12.9. The summed E-state index contributed by atoms with van der Waals surface area (Å²) in [4.78, 5) is 7.43. The third-order valence-corrected chi connectivity index (χ3v) is 3.34. The summed E-state index contributed by atoms with van der Waals surface area (Å²) in [5.74, 6) is 1.54. The van der Waals surface area contributed by atoms with Gasteiger partial charge in [-0.2, -0.15) is 5.10 Å². The van der Waals surface area contributed by atoms with Gasteiger partial charge in [0.2, 0.25) is 0 Å². The third-order valence-electron chi connectivity index (χ3n) is 3.02. The van der Waals surface area contributed by atoms with Gasteiger partial charge in [0.05, 0.1) is 18.7 Å². The molecule has 0 spiro atoms. The Kier molecular flexibility index (Phi) is 3.27. The van der Waals surface area contributed by atoms with Gasteiger partial charge in [0.1, 0.15) is 17.6 Å². The van der Waals surface area contributed by atoms with Crippen molar-refractivity contribution in [2.75, 3.05) is 6.61 Å². The van der Waals surface area contributed by atoms with Gasteiger partial charge in [-0.3, -0.25) is 4.68 Å². The van der Waals surface area contributed by atoms with Crippen LogP contribution in [0.1, 0.15) is 12.7 Å². The van der Waals surface area contributed by atoms with Gasteiger partial charge in [0, 0.05) is 7.05 Å². The average molecular weight is 289 g/mol. The number of fused-ring (bicyclic) bond motifs is 1. The van der Waals surface area contributed by atoms with E-state index in [2.05, 4.69) is 15.1 Å². The minimum Gasteiger partial charge on any atom is -0.492 e. The van der Waals surface area contributed by atoms with Crippen molar-refractivity contribution in [1.82, 2.24) is 24.3 Å². The standard InChI is InChI=1S/C13H15N5OS/c1-3-19-10-6-4-5-9-12(10)15-13(20)18(9)7-11-14-8-17(2)16-11/h4-6,8H,3,7H2,1-2H3,(H,15,20). The second-order valence-electron chi connectivity index (χ2n) is 4.43. The molecule has 3 rings (SSSR count). The maximum Gasteiger partial charge on any atom is 0.178 e. The van der Waals surface area contributed by atoms with Crippen LogP contribution in [0.4, 0.5) is 0 Å². The van der Waals surface area contributed by atoms with Gasteiger partial charge in [-0.15, -0.1) is 0 Å². The number of hydrogen-bond donors (Lipinski definition) is 1. The fourth-order valence-corrected chi connectivity index (χ4v) is 2.45. The van der Waals surface area contributed by atoms with E-state index in [1.54, 1.807) is 11.0 Å². The Morgan fingerprint density at radius 3 is 2.95 bits per heavy atom. The molecule has 1 aromatic carbocycles. The zero-order chi connectivity index (χ0) is 14.1. The van der Waals surface area contributed by atoms with Crippen LogP contribution in [0.15, 0.2) is 24.5 Å². The van der Waals surface area contributed by atoms with Crippen LogP contribution in [0, 0.1) is 4.77 Å². The van der Waals surface area contributed by atoms with Crippen LogP contribution >= 0.6 is 12.2 Å². The minimum atomic E-state index is 0.537. The second-order valence-corrected chi connectivity index (χ2v) is 4.82. The number of aromatic amines is 1. The lowest BCUT2D eigenvalue weighted by molar-refractivity contribution is 0.343. The number of nitrogens with zero attached hydrogens (tertiary/aromatic N) is 4. The Morgan fingerprint density at radius 2 is 2.25 bits per heavy atom. The Balaban J connectivity index is 2.09. The number of nitrogens with one attached hydrogen (secondary N) is 1. The van der Waals surface area contributed by atoms with Crippen molar-refractivity contribution >= 4 is 23.3 Å². The number of hydrogen-bond acceptors (Lipinski definition) is 4. The number of aromatic nitrogens is 5. The van der Waals surface area contributed by atoms with Gasteiger partial charge in [0.15, 0.2) is 10.6 Å². The molecule has 104 valence electrons. The molecule has 2 aromatic heterocycles. The van der Waals surface area contributed by atoms with Crippen molar-refractivity contribution in [1.29, 1.82) is 0 Å². The first-order chi connectivity index (χ1) is 9.69. The van der Waals surface area contributed by atoms with E-state index in [4.69, 9.17) is 17.0 Å². The molecule has 0 aliphatic heterocycles. The number of ether oxygens (including phenoxy) is 1. The second kappa shape index (κ2) is 5.09. The summed E-state index contributed by atoms with van der Waals surface area (Å²) in [5, 5.41) is 4.29. The molecule has 0 atom stereocenters. The van der Waals surface area contributed by atoms with E-state index in [0.717, 1.165) is 22.6 Å². The lowest BCUT2D eigenvalue weighted by atomic mass is 10.3. The van der Waals surface area contributed by atoms with Crippen LogP contribution in [0.25, 0.3) is 11.0 Å². The Morgan fingerprint density at radius 1 is 1.40 bits per heavy atom. The van der Waals surface area contributed by atoms with Crippen molar-refractivity contribution in [3.63, 3.8) is 0 Å². The number of H-pyrrole nitrogens is 1. The zero-order valence-corrected chi connectivity index (χ0v) is 12.1. The van der Waals surface area contributed by atoms with Crippen LogP contribution in [-0.2, 0) is 13.6 Å². The molecule has 20 heavy (non-hydrogen) atoms. The van der Waals surface area contributed by atoms with E-state index in [0.29, 0.717) is 17.9 Å². The van der Waals surface area contributed by atoms with Crippen LogP contribution in [0.3, 0.4) is 0 Å². The summed E-state index contributed by atoms with van der Waals surface area (Å²) in [6.07, 6.45) is 1.68. The SMILES string of the molecule is CCOc1cccc2c1[nH]c(=S)n2Cc1ncn(C)n1. The highest BCUT2D eigenvalue weighted by molar-refractivity contribution is 7.71. The Labute approximate surface area is 121 Å². The molecule has 0 aliphatic carbocycles. The van der Waals surface area contributed by atoms with E-state index in [-0.39, 0.29) is 0 Å². The average Bonchev–Trinajstić information content (AvgIpc) is 2.97. The number of aryl methyl sites for hydroxylation is 1.